The molecule has 1 heterocycles. The molecule has 1 aromatic heterocycles. The number of alkyl halides is 3. The Labute approximate surface area is 130 Å². The highest BCUT2D eigenvalue weighted by Gasteiger charge is 2.32. The van der Waals surface area contributed by atoms with E-state index in [2.05, 4.69) is 4.74 Å². The fourth-order valence-electron chi connectivity index (χ4n) is 2.11. The highest BCUT2D eigenvalue weighted by Crippen LogP contribution is 2.33. The standard InChI is InChI=1S/C15H16F3NO4/c1-14(2,3)23-13(21)19-9(8-20)7-10-11(19)5-4-6-12(10)22-15(16,17)18/h4-7,20H,8H2,1-3H3. The molecule has 0 saturated carbocycles. The zero-order valence-electron chi connectivity index (χ0n) is 12.8. The molecule has 0 atom stereocenters. The molecule has 0 unspecified atom stereocenters. The summed E-state index contributed by atoms with van der Waals surface area (Å²) in [5.41, 5.74) is -0.530. The first-order valence-electron chi connectivity index (χ1n) is 6.75. The van der Waals surface area contributed by atoms with E-state index in [4.69, 9.17) is 4.74 Å². The van der Waals surface area contributed by atoms with E-state index < -0.39 is 30.4 Å². The quantitative estimate of drug-likeness (QED) is 0.909. The van der Waals surface area contributed by atoms with Crippen LogP contribution in [0.4, 0.5) is 18.0 Å². The molecular weight excluding hydrogens is 315 g/mol. The molecule has 0 fully saturated rings. The van der Waals surface area contributed by atoms with Crippen LogP contribution in [0.15, 0.2) is 24.3 Å². The highest BCUT2D eigenvalue weighted by atomic mass is 19.4. The SMILES string of the molecule is CC(C)(C)OC(=O)n1c(CO)cc2c(OC(F)(F)F)cccc21. The molecule has 0 aliphatic rings. The van der Waals surface area contributed by atoms with E-state index in [0.29, 0.717) is 0 Å². The number of aliphatic hydroxyl groups excluding tert-OH is 1. The lowest BCUT2D eigenvalue weighted by atomic mass is 10.2. The van der Waals surface area contributed by atoms with Gasteiger partial charge in [0, 0.05) is 5.39 Å². The number of benzene rings is 1. The summed E-state index contributed by atoms with van der Waals surface area (Å²) >= 11 is 0. The number of carbonyl (C=O) groups excluding carboxylic acids is 1. The first-order chi connectivity index (χ1) is 10.5. The van der Waals surface area contributed by atoms with Crippen LogP contribution in [0, 0.1) is 0 Å². The van der Waals surface area contributed by atoms with E-state index in [-0.39, 0.29) is 16.6 Å². The van der Waals surface area contributed by atoms with Gasteiger partial charge in [0.05, 0.1) is 17.8 Å². The minimum Gasteiger partial charge on any atom is -0.443 e. The molecule has 2 aromatic rings. The summed E-state index contributed by atoms with van der Waals surface area (Å²) in [6.07, 6.45) is -5.65. The molecule has 0 bridgehead atoms. The van der Waals surface area contributed by atoms with Gasteiger partial charge in [-0.05, 0) is 39.0 Å². The van der Waals surface area contributed by atoms with Gasteiger partial charge in [0.15, 0.2) is 0 Å². The molecule has 2 rings (SSSR count). The number of halogens is 3. The van der Waals surface area contributed by atoms with E-state index in [1.807, 2.05) is 0 Å². The minimum absolute atomic E-state index is 0.0553. The van der Waals surface area contributed by atoms with Crippen molar-refractivity contribution in [2.24, 2.45) is 0 Å². The molecule has 8 heteroatoms. The van der Waals surface area contributed by atoms with Gasteiger partial charge < -0.3 is 14.6 Å². The third-order valence-corrected chi connectivity index (χ3v) is 2.85. The molecule has 5 nitrogen and oxygen atoms in total. The van der Waals surface area contributed by atoms with E-state index in [1.54, 1.807) is 20.8 Å². The summed E-state index contributed by atoms with van der Waals surface area (Å²) in [4.78, 5) is 12.3. The molecule has 1 aromatic carbocycles. The van der Waals surface area contributed by atoms with Gasteiger partial charge in [-0.3, -0.25) is 0 Å². The molecule has 1 N–H and O–H groups in total. The van der Waals surface area contributed by atoms with Gasteiger partial charge >= 0.3 is 12.5 Å². The fraction of sp³-hybridized carbons (Fsp3) is 0.400. The smallest absolute Gasteiger partial charge is 0.443 e. The third kappa shape index (κ3) is 3.95. The molecule has 0 saturated heterocycles. The Morgan fingerprint density at radius 3 is 2.43 bits per heavy atom. The molecule has 0 spiro atoms. The molecule has 0 amide bonds. The predicted octanol–water partition coefficient (Wildman–Crippen LogP) is 3.82. The minimum atomic E-state index is -4.86. The van der Waals surface area contributed by atoms with E-state index in [1.165, 1.54) is 18.2 Å². The molecule has 126 valence electrons. The summed E-state index contributed by atoms with van der Waals surface area (Å²) in [5, 5.41) is 9.45. The Morgan fingerprint density at radius 2 is 1.91 bits per heavy atom. The van der Waals surface area contributed by atoms with Crippen LogP contribution in [0.5, 0.6) is 5.75 Å². The number of nitrogens with zero attached hydrogens (tertiary/aromatic N) is 1. The molecule has 0 aliphatic carbocycles. The number of carbonyl (C=O) groups is 1. The maximum atomic E-state index is 12.5. The Bertz CT molecular complexity index is 729. The normalized spacial score (nSPS) is 12.5. The van der Waals surface area contributed by atoms with Crippen LogP contribution in [-0.4, -0.2) is 27.7 Å². The van der Waals surface area contributed by atoms with Crippen LogP contribution in [0.25, 0.3) is 10.9 Å². The van der Waals surface area contributed by atoms with Crippen molar-refractivity contribution in [1.29, 1.82) is 0 Å². The van der Waals surface area contributed by atoms with E-state index in [0.717, 1.165) is 10.6 Å². The van der Waals surface area contributed by atoms with Crippen molar-refractivity contribution in [3.63, 3.8) is 0 Å². The second kappa shape index (κ2) is 5.77. The molecule has 23 heavy (non-hydrogen) atoms. The van der Waals surface area contributed by atoms with Gasteiger partial charge in [0.1, 0.15) is 11.4 Å². The summed E-state index contributed by atoms with van der Waals surface area (Å²) < 4.78 is 47.6. The van der Waals surface area contributed by atoms with Crippen LogP contribution < -0.4 is 4.74 Å². The van der Waals surface area contributed by atoms with Crippen LogP contribution >= 0.6 is 0 Å². The van der Waals surface area contributed by atoms with Crippen LogP contribution in [0.2, 0.25) is 0 Å². The zero-order chi connectivity index (χ0) is 17.4. The van der Waals surface area contributed by atoms with Gasteiger partial charge in [-0.15, -0.1) is 13.2 Å². The Balaban J connectivity index is 2.57. The Hall–Kier alpha value is -2.22. The first-order valence-corrected chi connectivity index (χ1v) is 6.75. The maximum absolute atomic E-state index is 12.5. The number of aliphatic hydroxyl groups is 1. The number of hydrogen-bond acceptors (Lipinski definition) is 4. The lowest BCUT2D eigenvalue weighted by Crippen LogP contribution is -2.28. The van der Waals surface area contributed by atoms with Crippen LogP contribution in [0.3, 0.4) is 0 Å². The number of ether oxygens (including phenoxy) is 2. The van der Waals surface area contributed by atoms with Crippen LogP contribution in [0.1, 0.15) is 26.5 Å². The maximum Gasteiger partial charge on any atom is 0.573 e. The summed E-state index contributed by atoms with van der Waals surface area (Å²) in [7, 11) is 0. The molecule has 0 aliphatic heterocycles. The number of rotatable bonds is 2. The molecule has 0 radical (unpaired) electrons. The van der Waals surface area contributed by atoms with Gasteiger partial charge in [-0.25, -0.2) is 9.36 Å². The Morgan fingerprint density at radius 1 is 1.26 bits per heavy atom. The zero-order valence-corrected chi connectivity index (χ0v) is 12.8. The summed E-state index contributed by atoms with van der Waals surface area (Å²) in [5.74, 6) is -0.452. The van der Waals surface area contributed by atoms with E-state index >= 15 is 0 Å². The monoisotopic (exact) mass is 331 g/mol. The Kier molecular flexibility index (Phi) is 4.30. The van der Waals surface area contributed by atoms with Gasteiger partial charge in [0.25, 0.3) is 0 Å². The summed E-state index contributed by atoms with van der Waals surface area (Å²) in [6.45, 7) is 4.44. The van der Waals surface area contributed by atoms with Crippen molar-refractivity contribution < 1.29 is 32.5 Å². The second-order valence-electron chi connectivity index (χ2n) is 5.85. The van der Waals surface area contributed by atoms with Crippen molar-refractivity contribution in [2.75, 3.05) is 0 Å². The first kappa shape index (κ1) is 17.1. The van der Waals surface area contributed by atoms with Crippen molar-refractivity contribution in [3.05, 3.63) is 30.0 Å². The van der Waals surface area contributed by atoms with Crippen molar-refractivity contribution in [1.82, 2.24) is 4.57 Å². The molecular formula is C15H16F3NO4. The summed E-state index contributed by atoms with van der Waals surface area (Å²) in [6, 6.07) is 5.17. The largest absolute Gasteiger partial charge is 0.573 e. The van der Waals surface area contributed by atoms with Crippen LogP contribution in [-0.2, 0) is 11.3 Å². The van der Waals surface area contributed by atoms with Crippen molar-refractivity contribution in [3.8, 4) is 5.75 Å². The topological polar surface area (TPSA) is 60.7 Å². The average molecular weight is 331 g/mol. The van der Waals surface area contributed by atoms with Crippen molar-refractivity contribution in [2.45, 2.75) is 39.3 Å². The van der Waals surface area contributed by atoms with Crippen molar-refractivity contribution >= 4 is 17.0 Å². The highest BCUT2D eigenvalue weighted by molar-refractivity contribution is 5.94. The average Bonchev–Trinajstić information content (AvgIpc) is 2.74. The second-order valence-corrected chi connectivity index (χ2v) is 5.85. The lowest BCUT2D eigenvalue weighted by Gasteiger charge is -2.20. The number of aromatic nitrogens is 1. The third-order valence-electron chi connectivity index (χ3n) is 2.85. The van der Waals surface area contributed by atoms with Gasteiger partial charge in [0.2, 0.25) is 0 Å². The van der Waals surface area contributed by atoms with Gasteiger partial charge in [-0.2, -0.15) is 0 Å². The lowest BCUT2D eigenvalue weighted by molar-refractivity contribution is -0.274. The fourth-order valence-corrected chi connectivity index (χ4v) is 2.11. The van der Waals surface area contributed by atoms with Gasteiger partial charge in [-0.1, -0.05) is 6.07 Å². The number of fused-ring (bicyclic) bond motifs is 1. The number of hydrogen-bond donors (Lipinski definition) is 1. The van der Waals surface area contributed by atoms with E-state index in [9.17, 15) is 23.1 Å². The predicted molar refractivity (Wildman–Crippen MR) is 76.2 cm³/mol.